The first-order chi connectivity index (χ1) is 15.6. The Morgan fingerprint density at radius 2 is 1.38 bits per heavy atom. The number of unbranched alkanes of at least 4 members (excludes halogenated alkanes) is 9. The van der Waals surface area contributed by atoms with Crippen molar-refractivity contribution < 1.29 is 9.53 Å². The molecule has 0 aliphatic rings. The van der Waals surface area contributed by atoms with Crippen LogP contribution >= 0.6 is 0 Å². The lowest BCUT2D eigenvalue weighted by atomic mass is 9.99. The van der Waals surface area contributed by atoms with Gasteiger partial charge in [0.25, 0.3) is 0 Å². The van der Waals surface area contributed by atoms with Crippen LogP contribution in [0.3, 0.4) is 0 Å². The first-order valence-electron chi connectivity index (χ1n) is 12.7. The molecular weight excluding hydrogens is 396 g/mol. The molecule has 4 heteroatoms. The standard InChI is InChI=1S/C28H42N2O2/c1-4-6-7-8-9-10-11-12-13-14-15-25-21-29-27(30-22-25)28(31)32-26-18-16-24(17-19-26)20-23(3)5-2/h16-19,21-23H,4-15,20H2,1-3H3/t23-/m0/s1. The third-order valence-electron chi connectivity index (χ3n) is 6.12. The van der Waals surface area contributed by atoms with Crippen LogP contribution in [0.4, 0.5) is 0 Å². The van der Waals surface area contributed by atoms with E-state index in [9.17, 15) is 4.79 Å². The van der Waals surface area contributed by atoms with E-state index in [0.29, 0.717) is 11.7 Å². The minimum Gasteiger partial charge on any atom is -0.421 e. The van der Waals surface area contributed by atoms with Gasteiger partial charge in [0.15, 0.2) is 0 Å². The minimum atomic E-state index is -0.509. The number of carbonyl (C=O) groups excluding carboxylic acids is 1. The van der Waals surface area contributed by atoms with Crippen LogP contribution in [-0.4, -0.2) is 15.9 Å². The first kappa shape index (κ1) is 26.0. The summed E-state index contributed by atoms with van der Waals surface area (Å²) < 4.78 is 5.43. The Balaban J connectivity index is 1.64. The monoisotopic (exact) mass is 438 g/mol. The van der Waals surface area contributed by atoms with Gasteiger partial charge in [-0.15, -0.1) is 0 Å². The molecular formula is C28H42N2O2. The van der Waals surface area contributed by atoms with Gasteiger partial charge in [0.2, 0.25) is 5.82 Å². The molecule has 1 aromatic carbocycles. The Labute approximate surface area is 195 Å². The Bertz CT molecular complexity index is 756. The maximum Gasteiger partial charge on any atom is 0.381 e. The van der Waals surface area contributed by atoms with Crippen molar-refractivity contribution in [2.75, 3.05) is 0 Å². The van der Waals surface area contributed by atoms with Crippen LogP contribution in [0.25, 0.3) is 0 Å². The molecule has 0 saturated heterocycles. The van der Waals surface area contributed by atoms with Crippen LogP contribution in [-0.2, 0) is 12.8 Å². The van der Waals surface area contributed by atoms with Gasteiger partial charge in [0.05, 0.1) is 0 Å². The SMILES string of the molecule is CCCCCCCCCCCCc1cnc(C(=O)Oc2ccc(C[C@@H](C)CC)cc2)nc1. The zero-order chi connectivity index (χ0) is 23.0. The van der Waals surface area contributed by atoms with Crippen molar-refractivity contribution in [1.29, 1.82) is 0 Å². The largest absolute Gasteiger partial charge is 0.421 e. The Morgan fingerprint density at radius 1 is 0.812 bits per heavy atom. The van der Waals surface area contributed by atoms with E-state index in [0.717, 1.165) is 31.2 Å². The summed E-state index contributed by atoms with van der Waals surface area (Å²) in [5, 5.41) is 0. The second kappa shape index (κ2) is 15.6. The molecule has 0 fully saturated rings. The third kappa shape index (κ3) is 10.4. The lowest BCUT2D eigenvalue weighted by Gasteiger charge is -2.09. The van der Waals surface area contributed by atoms with Gasteiger partial charge in [-0.2, -0.15) is 0 Å². The normalized spacial score (nSPS) is 12.0. The van der Waals surface area contributed by atoms with Crippen molar-refractivity contribution in [3.63, 3.8) is 0 Å². The van der Waals surface area contributed by atoms with Crippen molar-refractivity contribution in [3.05, 3.63) is 53.6 Å². The van der Waals surface area contributed by atoms with Crippen LogP contribution < -0.4 is 4.74 Å². The van der Waals surface area contributed by atoms with Gasteiger partial charge in [0, 0.05) is 12.4 Å². The molecule has 2 rings (SSSR count). The molecule has 1 aromatic heterocycles. The zero-order valence-corrected chi connectivity index (χ0v) is 20.4. The second-order valence-corrected chi connectivity index (χ2v) is 9.10. The molecule has 4 nitrogen and oxygen atoms in total. The molecule has 0 saturated carbocycles. The first-order valence-corrected chi connectivity index (χ1v) is 12.7. The molecule has 0 unspecified atom stereocenters. The number of rotatable bonds is 16. The molecule has 0 aliphatic heterocycles. The molecule has 176 valence electrons. The van der Waals surface area contributed by atoms with E-state index in [4.69, 9.17) is 4.74 Å². The molecule has 1 atom stereocenters. The molecule has 2 aromatic rings. The van der Waals surface area contributed by atoms with Gasteiger partial charge in [0.1, 0.15) is 5.75 Å². The summed E-state index contributed by atoms with van der Waals surface area (Å²) in [6, 6.07) is 7.72. The second-order valence-electron chi connectivity index (χ2n) is 9.10. The molecule has 32 heavy (non-hydrogen) atoms. The van der Waals surface area contributed by atoms with Crippen molar-refractivity contribution in [2.24, 2.45) is 5.92 Å². The van der Waals surface area contributed by atoms with Gasteiger partial charge in [-0.3, -0.25) is 0 Å². The zero-order valence-electron chi connectivity index (χ0n) is 20.4. The van der Waals surface area contributed by atoms with E-state index in [1.165, 1.54) is 63.4 Å². The number of aryl methyl sites for hydroxylation is 1. The quantitative estimate of drug-likeness (QED) is 0.153. The lowest BCUT2D eigenvalue weighted by Crippen LogP contribution is -2.13. The number of esters is 1. The third-order valence-corrected chi connectivity index (χ3v) is 6.12. The minimum absolute atomic E-state index is 0.112. The number of ether oxygens (including phenoxy) is 1. The van der Waals surface area contributed by atoms with Crippen LogP contribution in [0, 0.1) is 5.92 Å². The number of carbonyl (C=O) groups is 1. The van der Waals surface area contributed by atoms with Crippen LogP contribution in [0.15, 0.2) is 36.7 Å². The smallest absolute Gasteiger partial charge is 0.381 e. The summed E-state index contributed by atoms with van der Waals surface area (Å²) in [5.74, 6) is 0.780. The predicted molar refractivity (Wildman–Crippen MR) is 132 cm³/mol. The molecule has 0 radical (unpaired) electrons. The number of hydrogen-bond acceptors (Lipinski definition) is 4. The summed E-state index contributed by atoms with van der Waals surface area (Å²) >= 11 is 0. The fraction of sp³-hybridized carbons (Fsp3) is 0.607. The van der Waals surface area contributed by atoms with Crippen LogP contribution in [0.1, 0.15) is 113 Å². The number of nitrogens with zero attached hydrogens (tertiary/aromatic N) is 2. The topological polar surface area (TPSA) is 52.1 Å². The van der Waals surface area contributed by atoms with Crippen molar-refractivity contribution in [1.82, 2.24) is 9.97 Å². The number of hydrogen-bond donors (Lipinski definition) is 0. The Kier molecular flexibility index (Phi) is 12.6. The van der Waals surface area contributed by atoms with Gasteiger partial charge >= 0.3 is 5.97 Å². The summed E-state index contributed by atoms with van der Waals surface area (Å²) in [6.07, 6.45) is 19.9. The summed E-state index contributed by atoms with van der Waals surface area (Å²) in [5.41, 5.74) is 2.34. The summed E-state index contributed by atoms with van der Waals surface area (Å²) in [7, 11) is 0. The van der Waals surface area contributed by atoms with E-state index >= 15 is 0 Å². The van der Waals surface area contributed by atoms with E-state index < -0.39 is 5.97 Å². The molecule has 0 N–H and O–H groups in total. The van der Waals surface area contributed by atoms with Crippen molar-refractivity contribution in [2.45, 2.75) is 104 Å². The molecule has 0 amide bonds. The highest BCUT2D eigenvalue weighted by atomic mass is 16.5. The molecule has 0 bridgehead atoms. The fourth-order valence-electron chi connectivity index (χ4n) is 3.80. The van der Waals surface area contributed by atoms with E-state index in [1.807, 2.05) is 24.3 Å². The maximum atomic E-state index is 12.3. The van der Waals surface area contributed by atoms with Crippen LogP contribution in [0.2, 0.25) is 0 Å². The summed E-state index contributed by atoms with van der Waals surface area (Å²) in [4.78, 5) is 20.8. The van der Waals surface area contributed by atoms with Gasteiger partial charge in [-0.05, 0) is 48.4 Å². The van der Waals surface area contributed by atoms with Crippen molar-refractivity contribution in [3.8, 4) is 5.75 Å². The van der Waals surface area contributed by atoms with Crippen LogP contribution in [0.5, 0.6) is 5.75 Å². The Morgan fingerprint density at radius 3 is 1.94 bits per heavy atom. The Hall–Kier alpha value is -2.23. The molecule has 0 aliphatic carbocycles. The average molecular weight is 439 g/mol. The van der Waals surface area contributed by atoms with Gasteiger partial charge in [-0.25, -0.2) is 14.8 Å². The fourth-order valence-corrected chi connectivity index (χ4v) is 3.80. The van der Waals surface area contributed by atoms with Crippen molar-refractivity contribution >= 4 is 5.97 Å². The number of benzene rings is 1. The molecule has 0 spiro atoms. The van der Waals surface area contributed by atoms with E-state index in [1.54, 1.807) is 12.4 Å². The van der Waals surface area contributed by atoms with Gasteiger partial charge in [-0.1, -0.05) is 97.1 Å². The van der Waals surface area contributed by atoms with E-state index in [-0.39, 0.29) is 5.82 Å². The highest BCUT2D eigenvalue weighted by Crippen LogP contribution is 2.17. The average Bonchev–Trinajstić information content (AvgIpc) is 2.81. The highest BCUT2D eigenvalue weighted by molar-refractivity contribution is 5.86. The van der Waals surface area contributed by atoms with Gasteiger partial charge < -0.3 is 4.74 Å². The summed E-state index contributed by atoms with van der Waals surface area (Å²) in [6.45, 7) is 6.70. The predicted octanol–water partition coefficient (Wildman–Crippen LogP) is 7.75. The number of aromatic nitrogens is 2. The van der Waals surface area contributed by atoms with E-state index in [2.05, 4.69) is 30.7 Å². The lowest BCUT2D eigenvalue weighted by molar-refractivity contribution is 0.0721. The highest BCUT2D eigenvalue weighted by Gasteiger charge is 2.12. The molecule has 1 heterocycles. The maximum absolute atomic E-state index is 12.3.